The minimum Gasteiger partial charge on any atom is -0.480 e. The zero-order chi connectivity index (χ0) is 15.4. The van der Waals surface area contributed by atoms with Crippen LogP contribution in [0.25, 0.3) is 0 Å². The molecule has 1 unspecified atom stereocenters. The van der Waals surface area contributed by atoms with Crippen molar-refractivity contribution in [1.82, 2.24) is 14.9 Å². The molecule has 1 saturated carbocycles. The summed E-state index contributed by atoms with van der Waals surface area (Å²) in [5.74, 6) is 1.43. The maximum absolute atomic E-state index is 12.5. The Labute approximate surface area is 130 Å². The Kier molecular flexibility index (Phi) is 4.75. The normalized spacial score (nSPS) is 22.6. The summed E-state index contributed by atoms with van der Waals surface area (Å²) in [6, 6.07) is 0. The first kappa shape index (κ1) is 15.1. The second kappa shape index (κ2) is 6.94. The van der Waals surface area contributed by atoms with Gasteiger partial charge in [0, 0.05) is 12.5 Å². The molecule has 6 heteroatoms. The van der Waals surface area contributed by atoms with Crippen molar-refractivity contribution in [2.75, 3.05) is 20.2 Å². The summed E-state index contributed by atoms with van der Waals surface area (Å²) < 4.78 is 10.9. The number of rotatable bonds is 4. The van der Waals surface area contributed by atoms with Crippen LogP contribution < -0.4 is 9.47 Å². The minimum absolute atomic E-state index is 0.0134. The molecule has 2 aliphatic rings. The summed E-state index contributed by atoms with van der Waals surface area (Å²) in [7, 11) is 1.55. The molecule has 1 atom stereocenters. The quantitative estimate of drug-likeness (QED) is 0.852. The molecule has 2 fully saturated rings. The molecule has 6 nitrogen and oxygen atoms in total. The van der Waals surface area contributed by atoms with Gasteiger partial charge in [0.15, 0.2) is 0 Å². The van der Waals surface area contributed by atoms with Crippen molar-refractivity contribution in [3.8, 4) is 11.8 Å². The van der Waals surface area contributed by atoms with Crippen LogP contribution in [0.2, 0.25) is 0 Å². The van der Waals surface area contributed by atoms with Crippen LogP contribution in [0.1, 0.15) is 38.5 Å². The van der Waals surface area contributed by atoms with Gasteiger partial charge in [-0.05, 0) is 25.7 Å². The van der Waals surface area contributed by atoms with Crippen molar-refractivity contribution in [3.05, 3.63) is 12.4 Å². The maximum atomic E-state index is 12.5. The average molecular weight is 305 g/mol. The summed E-state index contributed by atoms with van der Waals surface area (Å²) in [6.07, 6.45) is 9.48. The van der Waals surface area contributed by atoms with Crippen molar-refractivity contribution in [2.45, 2.75) is 44.6 Å². The molecule has 1 aromatic heterocycles. The van der Waals surface area contributed by atoms with E-state index in [2.05, 4.69) is 9.97 Å². The van der Waals surface area contributed by atoms with E-state index >= 15 is 0 Å². The monoisotopic (exact) mass is 305 g/mol. The molecule has 0 N–H and O–H groups in total. The lowest BCUT2D eigenvalue weighted by atomic mass is 10.0. The highest BCUT2D eigenvalue weighted by Crippen LogP contribution is 2.28. The fraction of sp³-hybridized carbons (Fsp3) is 0.688. The van der Waals surface area contributed by atoms with E-state index in [9.17, 15) is 4.79 Å². The zero-order valence-electron chi connectivity index (χ0n) is 13.0. The largest absolute Gasteiger partial charge is 0.480 e. The second-order valence-corrected chi connectivity index (χ2v) is 6.05. The molecular formula is C16H23N3O3. The number of nitrogens with zero attached hydrogens (tertiary/aromatic N) is 3. The molecule has 2 heterocycles. The molecular weight excluding hydrogens is 282 g/mol. The second-order valence-electron chi connectivity index (χ2n) is 6.05. The van der Waals surface area contributed by atoms with E-state index in [4.69, 9.17) is 9.47 Å². The highest BCUT2D eigenvalue weighted by Gasteiger charge is 2.31. The van der Waals surface area contributed by atoms with Gasteiger partial charge >= 0.3 is 0 Å². The molecule has 1 aliphatic heterocycles. The Morgan fingerprint density at radius 1 is 1.18 bits per heavy atom. The molecule has 1 aliphatic carbocycles. The summed E-state index contributed by atoms with van der Waals surface area (Å²) in [5.41, 5.74) is 0. The van der Waals surface area contributed by atoms with E-state index in [1.807, 2.05) is 4.90 Å². The van der Waals surface area contributed by atoms with Gasteiger partial charge in [-0.15, -0.1) is 0 Å². The van der Waals surface area contributed by atoms with Crippen LogP contribution in [0.3, 0.4) is 0 Å². The van der Waals surface area contributed by atoms with Gasteiger partial charge in [-0.2, -0.15) is 4.98 Å². The SMILES string of the molecule is COc1cncc(OC2CCCN(C(=O)C3CCCC3)C2)n1. The van der Waals surface area contributed by atoms with E-state index in [-0.39, 0.29) is 12.0 Å². The summed E-state index contributed by atoms with van der Waals surface area (Å²) in [4.78, 5) is 22.8. The predicted molar refractivity (Wildman–Crippen MR) is 80.8 cm³/mol. The smallest absolute Gasteiger partial charge is 0.235 e. The van der Waals surface area contributed by atoms with Crippen molar-refractivity contribution in [2.24, 2.45) is 5.92 Å². The molecule has 0 spiro atoms. The van der Waals surface area contributed by atoms with E-state index in [1.54, 1.807) is 19.5 Å². The number of likely N-dealkylation sites (tertiary alicyclic amines) is 1. The van der Waals surface area contributed by atoms with Crippen molar-refractivity contribution < 1.29 is 14.3 Å². The predicted octanol–water partition coefficient (Wildman–Crippen LogP) is 2.05. The lowest BCUT2D eigenvalue weighted by molar-refractivity contribution is -0.138. The summed E-state index contributed by atoms with van der Waals surface area (Å²) >= 11 is 0. The van der Waals surface area contributed by atoms with E-state index < -0.39 is 0 Å². The van der Waals surface area contributed by atoms with Gasteiger partial charge in [0.2, 0.25) is 17.7 Å². The number of amides is 1. The third kappa shape index (κ3) is 3.48. The highest BCUT2D eigenvalue weighted by molar-refractivity contribution is 5.79. The number of carbonyl (C=O) groups excluding carboxylic acids is 1. The van der Waals surface area contributed by atoms with E-state index in [1.165, 1.54) is 12.8 Å². The Morgan fingerprint density at radius 3 is 2.73 bits per heavy atom. The van der Waals surface area contributed by atoms with Crippen LogP contribution in [0.5, 0.6) is 11.8 Å². The molecule has 3 rings (SSSR count). The van der Waals surface area contributed by atoms with Crippen LogP contribution >= 0.6 is 0 Å². The van der Waals surface area contributed by atoms with Gasteiger partial charge in [-0.1, -0.05) is 12.8 Å². The zero-order valence-corrected chi connectivity index (χ0v) is 13.0. The maximum Gasteiger partial charge on any atom is 0.235 e. The van der Waals surface area contributed by atoms with Crippen LogP contribution in [-0.2, 0) is 4.79 Å². The van der Waals surface area contributed by atoms with Gasteiger partial charge in [-0.3, -0.25) is 9.78 Å². The molecule has 1 saturated heterocycles. The number of piperidine rings is 1. The Morgan fingerprint density at radius 2 is 1.95 bits per heavy atom. The molecule has 1 aromatic rings. The Bertz CT molecular complexity index is 517. The Hall–Kier alpha value is -1.85. The number of carbonyl (C=O) groups is 1. The summed E-state index contributed by atoms with van der Waals surface area (Å²) in [6.45, 7) is 1.49. The van der Waals surface area contributed by atoms with Crippen LogP contribution in [-0.4, -0.2) is 47.1 Å². The van der Waals surface area contributed by atoms with E-state index in [0.717, 1.165) is 32.2 Å². The van der Waals surface area contributed by atoms with E-state index in [0.29, 0.717) is 24.2 Å². The number of ether oxygens (including phenoxy) is 2. The van der Waals surface area contributed by atoms with Gasteiger partial charge in [-0.25, -0.2) is 0 Å². The van der Waals surface area contributed by atoms with Crippen LogP contribution in [0.15, 0.2) is 12.4 Å². The molecule has 1 amide bonds. The molecule has 0 bridgehead atoms. The fourth-order valence-electron chi connectivity index (χ4n) is 3.32. The number of hydrogen-bond donors (Lipinski definition) is 0. The first-order valence-corrected chi connectivity index (χ1v) is 8.08. The average Bonchev–Trinajstić information content (AvgIpc) is 3.09. The number of hydrogen-bond acceptors (Lipinski definition) is 5. The van der Waals surface area contributed by atoms with Gasteiger partial charge in [0.25, 0.3) is 0 Å². The number of methoxy groups -OCH3 is 1. The van der Waals surface area contributed by atoms with Gasteiger partial charge in [0.1, 0.15) is 6.10 Å². The minimum atomic E-state index is -0.0134. The van der Waals surface area contributed by atoms with Gasteiger partial charge in [0.05, 0.1) is 26.0 Å². The van der Waals surface area contributed by atoms with Crippen LogP contribution in [0.4, 0.5) is 0 Å². The lowest BCUT2D eigenvalue weighted by Crippen LogP contribution is -2.46. The van der Waals surface area contributed by atoms with Crippen molar-refractivity contribution in [1.29, 1.82) is 0 Å². The highest BCUT2D eigenvalue weighted by atomic mass is 16.5. The Balaban J connectivity index is 1.59. The van der Waals surface area contributed by atoms with Crippen LogP contribution in [0, 0.1) is 5.92 Å². The first-order valence-electron chi connectivity index (χ1n) is 8.08. The molecule has 120 valence electrons. The summed E-state index contributed by atoms with van der Waals surface area (Å²) in [5, 5.41) is 0. The van der Waals surface area contributed by atoms with Crippen molar-refractivity contribution in [3.63, 3.8) is 0 Å². The fourth-order valence-corrected chi connectivity index (χ4v) is 3.32. The first-order chi connectivity index (χ1) is 10.8. The molecule has 22 heavy (non-hydrogen) atoms. The standard InChI is InChI=1S/C16H23N3O3/c1-21-14-9-17-10-15(18-14)22-13-7-4-8-19(11-13)16(20)12-5-2-3-6-12/h9-10,12-13H,2-8,11H2,1H3. The molecule has 0 radical (unpaired) electrons. The van der Waals surface area contributed by atoms with Gasteiger partial charge < -0.3 is 14.4 Å². The number of aromatic nitrogens is 2. The van der Waals surface area contributed by atoms with Crippen molar-refractivity contribution >= 4 is 5.91 Å². The molecule has 0 aromatic carbocycles. The topological polar surface area (TPSA) is 64.6 Å². The third-order valence-corrected chi connectivity index (χ3v) is 4.48. The lowest BCUT2D eigenvalue weighted by Gasteiger charge is -2.34. The third-order valence-electron chi connectivity index (χ3n) is 4.48.